The lowest BCUT2D eigenvalue weighted by molar-refractivity contribution is -0.147. The van der Waals surface area contributed by atoms with Gasteiger partial charge < -0.3 is 4.74 Å². The predicted molar refractivity (Wildman–Crippen MR) is 68.3 cm³/mol. The Hall–Kier alpha value is -0.930. The van der Waals surface area contributed by atoms with E-state index < -0.39 is 11.4 Å². The van der Waals surface area contributed by atoms with Crippen LogP contribution in [0.3, 0.4) is 0 Å². The topological polar surface area (TPSA) is 26.3 Å². The summed E-state index contributed by atoms with van der Waals surface area (Å²) >= 11 is 5.68. The predicted octanol–water partition coefficient (Wildman–Crippen LogP) is 3.55. The Morgan fingerprint density at radius 3 is 2.89 bits per heavy atom. The van der Waals surface area contributed by atoms with Crippen LogP contribution in [0.2, 0.25) is 5.02 Å². The van der Waals surface area contributed by atoms with E-state index >= 15 is 0 Å². The Kier molecular flexibility index (Phi) is 4.03. The summed E-state index contributed by atoms with van der Waals surface area (Å²) in [5.41, 5.74) is -0.385. The van der Waals surface area contributed by atoms with Gasteiger partial charge in [-0.2, -0.15) is 0 Å². The van der Waals surface area contributed by atoms with Gasteiger partial charge >= 0.3 is 0 Å². The van der Waals surface area contributed by atoms with Crippen LogP contribution >= 0.6 is 11.6 Å². The number of hydrogen-bond acceptors (Lipinski definition) is 2. The van der Waals surface area contributed by atoms with Crippen LogP contribution in [0.15, 0.2) is 18.2 Å². The Labute approximate surface area is 111 Å². The molecule has 4 heteroatoms. The van der Waals surface area contributed by atoms with Gasteiger partial charge in [0, 0.05) is 18.1 Å². The van der Waals surface area contributed by atoms with Crippen molar-refractivity contribution in [2.75, 3.05) is 6.61 Å². The van der Waals surface area contributed by atoms with Crippen LogP contribution in [0.4, 0.5) is 4.39 Å². The monoisotopic (exact) mass is 270 g/mol. The van der Waals surface area contributed by atoms with Gasteiger partial charge in [-0.1, -0.05) is 17.7 Å². The van der Waals surface area contributed by atoms with Crippen molar-refractivity contribution in [1.29, 1.82) is 0 Å². The van der Waals surface area contributed by atoms with Crippen molar-refractivity contribution in [3.8, 4) is 0 Å². The maximum absolute atomic E-state index is 13.6. The van der Waals surface area contributed by atoms with E-state index in [1.54, 1.807) is 19.1 Å². The molecule has 98 valence electrons. The summed E-state index contributed by atoms with van der Waals surface area (Å²) < 4.78 is 19.2. The number of hydrogen-bond donors (Lipinski definition) is 0. The molecule has 1 aliphatic rings. The third-order valence-electron chi connectivity index (χ3n) is 3.42. The highest BCUT2D eigenvalue weighted by Gasteiger charge is 2.35. The van der Waals surface area contributed by atoms with Gasteiger partial charge in [0.15, 0.2) is 5.78 Å². The number of halogens is 2. The van der Waals surface area contributed by atoms with Crippen molar-refractivity contribution in [3.05, 3.63) is 34.6 Å². The fraction of sp³-hybridized carbons (Fsp3) is 0.500. The average molecular weight is 271 g/mol. The zero-order valence-corrected chi connectivity index (χ0v) is 11.1. The number of Topliss-reactive ketones (excluding diaryl/α,β-unsaturated/α-hetero) is 1. The van der Waals surface area contributed by atoms with Crippen molar-refractivity contribution in [1.82, 2.24) is 0 Å². The molecule has 2 rings (SSSR count). The summed E-state index contributed by atoms with van der Waals surface area (Å²) in [6.45, 7) is 2.40. The first-order chi connectivity index (χ1) is 8.51. The second-order valence-corrected chi connectivity index (χ2v) is 5.31. The normalized spacial score (nSPS) is 23.9. The van der Waals surface area contributed by atoms with E-state index in [2.05, 4.69) is 0 Å². The van der Waals surface area contributed by atoms with Gasteiger partial charge in [0.05, 0.1) is 0 Å². The molecular formula is C14H16ClFO2. The van der Waals surface area contributed by atoms with E-state index in [1.807, 2.05) is 0 Å². The minimum atomic E-state index is -0.760. The van der Waals surface area contributed by atoms with Crippen LogP contribution in [0, 0.1) is 5.82 Å². The summed E-state index contributed by atoms with van der Waals surface area (Å²) in [6, 6.07) is 4.38. The van der Waals surface area contributed by atoms with Gasteiger partial charge in [0.2, 0.25) is 0 Å². The molecule has 0 spiro atoms. The minimum absolute atomic E-state index is 0.0551. The Morgan fingerprint density at radius 2 is 2.28 bits per heavy atom. The van der Waals surface area contributed by atoms with Crippen LogP contribution in [0.5, 0.6) is 0 Å². The van der Waals surface area contributed by atoms with Crippen molar-refractivity contribution in [3.63, 3.8) is 0 Å². The molecule has 1 saturated heterocycles. The molecule has 0 aromatic heterocycles. The highest BCUT2D eigenvalue weighted by atomic mass is 35.5. The van der Waals surface area contributed by atoms with E-state index in [9.17, 15) is 9.18 Å². The number of ketones is 1. The Morgan fingerprint density at radius 1 is 1.50 bits per heavy atom. The first kappa shape index (κ1) is 13.5. The molecule has 0 N–H and O–H groups in total. The van der Waals surface area contributed by atoms with E-state index in [4.69, 9.17) is 16.3 Å². The first-order valence-corrected chi connectivity index (χ1v) is 6.50. The lowest BCUT2D eigenvalue weighted by atomic mass is 9.88. The largest absolute Gasteiger partial charge is 0.367 e. The molecule has 1 unspecified atom stereocenters. The Balaban J connectivity index is 2.11. The van der Waals surface area contributed by atoms with Crippen LogP contribution in [-0.2, 0) is 16.0 Å². The van der Waals surface area contributed by atoms with E-state index in [1.165, 1.54) is 6.07 Å². The third kappa shape index (κ3) is 2.90. The molecule has 1 heterocycles. The third-order valence-corrected chi connectivity index (χ3v) is 3.66. The van der Waals surface area contributed by atoms with E-state index in [0.29, 0.717) is 23.6 Å². The molecule has 18 heavy (non-hydrogen) atoms. The maximum atomic E-state index is 13.6. The molecule has 1 aromatic carbocycles. The standard InChI is InChI=1S/C14H16ClFO2/c1-14(6-2-3-7-18-14)13(17)8-10-4-5-11(15)9-12(10)16/h4-5,9H,2-3,6-8H2,1H3. The zero-order valence-electron chi connectivity index (χ0n) is 10.3. The molecule has 1 atom stereocenters. The minimum Gasteiger partial charge on any atom is -0.367 e. The lowest BCUT2D eigenvalue weighted by Crippen LogP contribution is -2.42. The molecule has 0 radical (unpaired) electrons. The van der Waals surface area contributed by atoms with Crippen molar-refractivity contribution < 1.29 is 13.9 Å². The maximum Gasteiger partial charge on any atom is 0.168 e. The van der Waals surface area contributed by atoms with Gasteiger partial charge in [-0.3, -0.25) is 4.79 Å². The summed E-state index contributed by atoms with van der Waals surface area (Å²) in [7, 11) is 0. The highest BCUT2D eigenvalue weighted by molar-refractivity contribution is 6.30. The SMILES string of the molecule is CC1(C(=O)Cc2ccc(Cl)cc2F)CCCCO1. The second kappa shape index (κ2) is 5.37. The first-order valence-electron chi connectivity index (χ1n) is 6.12. The highest BCUT2D eigenvalue weighted by Crippen LogP contribution is 2.27. The van der Waals surface area contributed by atoms with Crippen molar-refractivity contribution >= 4 is 17.4 Å². The van der Waals surface area contributed by atoms with Gasteiger partial charge in [0.1, 0.15) is 11.4 Å². The van der Waals surface area contributed by atoms with Gasteiger partial charge in [-0.25, -0.2) is 4.39 Å². The number of ether oxygens (including phenoxy) is 1. The average Bonchev–Trinajstić information content (AvgIpc) is 2.33. The van der Waals surface area contributed by atoms with Crippen LogP contribution in [0.25, 0.3) is 0 Å². The zero-order chi connectivity index (χ0) is 13.2. The van der Waals surface area contributed by atoms with Gasteiger partial charge in [-0.05, 0) is 43.9 Å². The molecule has 0 bridgehead atoms. The molecule has 1 aliphatic heterocycles. The fourth-order valence-electron chi connectivity index (χ4n) is 2.18. The summed E-state index contributed by atoms with van der Waals surface area (Å²) in [4.78, 5) is 12.2. The number of carbonyl (C=O) groups is 1. The summed E-state index contributed by atoms with van der Waals surface area (Å²) in [5, 5.41) is 0.337. The van der Waals surface area contributed by atoms with Crippen LogP contribution < -0.4 is 0 Å². The summed E-state index contributed by atoms with van der Waals surface area (Å²) in [5.74, 6) is -0.501. The van der Waals surface area contributed by atoms with Crippen LogP contribution in [-0.4, -0.2) is 18.0 Å². The fourth-order valence-corrected chi connectivity index (χ4v) is 2.34. The quantitative estimate of drug-likeness (QED) is 0.840. The number of rotatable bonds is 3. The Bertz CT molecular complexity index is 453. The molecule has 2 nitrogen and oxygen atoms in total. The molecule has 1 fully saturated rings. The molecule has 1 aromatic rings. The van der Waals surface area contributed by atoms with Crippen molar-refractivity contribution in [2.24, 2.45) is 0 Å². The number of benzene rings is 1. The molecule has 0 saturated carbocycles. The molecular weight excluding hydrogens is 255 g/mol. The summed E-state index contributed by atoms with van der Waals surface area (Å²) in [6.07, 6.45) is 2.73. The van der Waals surface area contributed by atoms with Gasteiger partial charge in [0.25, 0.3) is 0 Å². The van der Waals surface area contributed by atoms with E-state index in [-0.39, 0.29) is 12.2 Å². The number of carbonyl (C=O) groups excluding carboxylic acids is 1. The molecule has 0 aliphatic carbocycles. The second-order valence-electron chi connectivity index (χ2n) is 4.87. The van der Waals surface area contributed by atoms with Gasteiger partial charge in [-0.15, -0.1) is 0 Å². The van der Waals surface area contributed by atoms with Crippen molar-refractivity contribution in [2.45, 2.75) is 38.2 Å². The lowest BCUT2D eigenvalue weighted by Gasteiger charge is -2.32. The molecule has 0 amide bonds. The smallest absolute Gasteiger partial charge is 0.168 e. The van der Waals surface area contributed by atoms with Crippen LogP contribution in [0.1, 0.15) is 31.7 Å². The van der Waals surface area contributed by atoms with E-state index in [0.717, 1.165) is 12.8 Å².